The minimum Gasteiger partial charge on any atom is -0.318 e. The van der Waals surface area contributed by atoms with Gasteiger partial charge in [-0.05, 0) is 58.0 Å². The van der Waals surface area contributed by atoms with Crippen LogP contribution in [0.5, 0.6) is 0 Å². The highest BCUT2D eigenvalue weighted by Crippen LogP contribution is 2.21. The van der Waals surface area contributed by atoms with E-state index in [-0.39, 0.29) is 5.91 Å². The van der Waals surface area contributed by atoms with Crippen LogP contribution in [-0.4, -0.2) is 26.5 Å². The van der Waals surface area contributed by atoms with Crippen LogP contribution in [0.2, 0.25) is 0 Å². The average molecular weight is 412 g/mol. The fourth-order valence-corrected chi connectivity index (χ4v) is 3.84. The van der Waals surface area contributed by atoms with Crippen LogP contribution in [0, 0.1) is 27.7 Å². The van der Waals surface area contributed by atoms with Gasteiger partial charge in [-0.1, -0.05) is 36.4 Å². The van der Waals surface area contributed by atoms with Crippen LogP contribution >= 0.6 is 0 Å². The summed E-state index contributed by atoms with van der Waals surface area (Å²) in [7, 11) is 0. The Morgan fingerprint density at radius 1 is 0.903 bits per heavy atom. The number of carbonyl (C=O) groups excluding carboxylic acids is 1. The van der Waals surface area contributed by atoms with Crippen LogP contribution in [0.15, 0.2) is 71.8 Å². The molecule has 1 amide bonds. The Kier molecular flexibility index (Phi) is 5.54. The molecule has 6 heteroatoms. The first-order valence-corrected chi connectivity index (χ1v) is 10.2. The lowest BCUT2D eigenvalue weighted by atomic mass is 10.2. The van der Waals surface area contributed by atoms with Gasteiger partial charge in [-0.25, -0.2) is 10.1 Å². The van der Waals surface area contributed by atoms with Gasteiger partial charge >= 0.3 is 0 Å². The molecule has 0 saturated carbocycles. The largest absolute Gasteiger partial charge is 0.318 e. The standard InChI is InChI=1S/C25H25N5O/c1-17-15-23(19(3)29(17)21-11-7-5-8-12-21)25(31)27-26-16-24-18(2)28-30(20(24)4)22-13-9-6-10-14-22/h5-16H,1-4H3,(H,27,31)/b26-16-. The minimum atomic E-state index is -0.239. The molecule has 0 aliphatic heterocycles. The van der Waals surface area contributed by atoms with Gasteiger partial charge in [0.25, 0.3) is 5.91 Å². The van der Waals surface area contributed by atoms with Crippen molar-refractivity contribution >= 4 is 12.1 Å². The van der Waals surface area contributed by atoms with Gasteiger partial charge < -0.3 is 4.57 Å². The second kappa shape index (κ2) is 8.44. The summed E-state index contributed by atoms with van der Waals surface area (Å²) in [6, 6.07) is 21.8. The topological polar surface area (TPSA) is 64.2 Å². The monoisotopic (exact) mass is 411 g/mol. The third kappa shape index (κ3) is 3.92. The van der Waals surface area contributed by atoms with E-state index in [2.05, 4.69) is 20.2 Å². The van der Waals surface area contributed by atoms with E-state index in [1.807, 2.05) is 99.1 Å². The number of nitrogens with one attached hydrogen (secondary N) is 1. The summed E-state index contributed by atoms with van der Waals surface area (Å²) >= 11 is 0. The van der Waals surface area contributed by atoms with Crippen LogP contribution in [0.25, 0.3) is 11.4 Å². The van der Waals surface area contributed by atoms with Crippen LogP contribution < -0.4 is 5.43 Å². The van der Waals surface area contributed by atoms with Crippen LogP contribution in [-0.2, 0) is 0 Å². The molecule has 31 heavy (non-hydrogen) atoms. The first-order chi connectivity index (χ1) is 15.0. The van der Waals surface area contributed by atoms with Crippen LogP contribution in [0.4, 0.5) is 0 Å². The Balaban J connectivity index is 1.55. The lowest BCUT2D eigenvalue weighted by molar-refractivity contribution is 0.0954. The molecular weight excluding hydrogens is 386 g/mol. The third-order valence-corrected chi connectivity index (χ3v) is 5.40. The second-order valence-electron chi connectivity index (χ2n) is 7.49. The van der Waals surface area contributed by atoms with Gasteiger partial charge in [-0.15, -0.1) is 0 Å². The molecule has 2 heterocycles. The molecule has 2 aromatic carbocycles. The molecule has 0 aliphatic rings. The van der Waals surface area contributed by atoms with Crippen molar-refractivity contribution in [2.24, 2.45) is 5.10 Å². The molecule has 0 radical (unpaired) electrons. The molecule has 6 nitrogen and oxygen atoms in total. The molecule has 0 spiro atoms. The first kappa shape index (κ1) is 20.3. The number of benzene rings is 2. The Morgan fingerprint density at radius 2 is 1.52 bits per heavy atom. The first-order valence-electron chi connectivity index (χ1n) is 10.2. The van der Waals surface area contributed by atoms with Crippen molar-refractivity contribution < 1.29 is 4.79 Å². The number of carbonyl (C=O) groups is 1. The molecule has 4 aromatic rings. The Morgan fingerprint density at radius 3 is 2.16 bits per heavy atom. The molecule has 0 aliphatic carbocycles. The number of para-hydroxylation sites is 2. The summed E-state index contributed by atoms with van der Waals surface area (Å²) in [5.41, 5.74) is 9.85. The van der Waals surface area contributed by atoms with Crippen LogP contribution in [0.3, 0.4) is 0 Å². The van der Waals surface area contributed by atoms with Crippen molar-refractivity contribution in [1.29, 1.82) is 0 Å². The van der Waals surface area contributed by atoms with E-state index >= 15 is 0 Å². The Hall–Kier alpha value is -3.93. The highest BCUT2D eigenvalue weighted by Gasteiger charge is 2.16. The molecular formula is C25H25N5O. The van der Waals surface area contributed by atoms with Crippen molar-refractivity contribution in [3.63, 3.8) is 0 Å². The van der Waals surface area contributed by atoms with Crippen molar-refractivity contribution in [2.75, 3.05) is 0 Å². The van der Waals surface area contributed by atoms with Gasteiger partial charge in [0, 0.05) is 22.6 Å². The number of hydrogen-bond donors (Lipinski definition) is 1. The number of hydrogen-bond acceptors (Lipinski definition) is 3. The number of nitrogens with zero attached hydrogens (tertiary/aromatic N) is 4. The zero-order chi connectivity index (χ0) is 22.0. The summed E-state index contributed by atoms with van der Waals surface area (Å²) < 4.78 is 3.95. The maximum atomic E-state index is 12.8. The zero-order valence-electron chi connectivity index (χ0n) is 18.1. The second-order valence-corrected chi connectivity index (χ2v) is 7.49. The van der Waals surface area contributed by atoms with E-state index in [1.54, 1.807) is 6.21 Å². The number of amides is 1. The molecule has 4 rings (SSSR count). The summed E-state index contributed by atoms with van der Waals surface area (Å²) in [6.07, 6.45) is 1.66. The highest BCUT2D eigenvalue weighted by atomic mass is 16.2. The quantitative estimate of drug-likeness (QED) is 0.383. The van der Waals surface area contributed by atoms with E-state index in [0.29, 0.717) is 5.56 Å². The van der Waals surface area contributed by atoms with Gasteiger partial charge in [0.05, 0.1) is 28.9 Å². The average Bonchev–Trinajstić information content (AvgIpc) is 3.24. The minimum absolute atomic E-state index is 0.239. The maximum absolute atomic E-state index is 12.8. The smallest absolute Gasteiger partial charge is 0.273 e. The van der Waals surface area contributed by atoms with Gasteiger partial charge in [-0.2, -0.15) is 10.2 Å². The number of aromatic nitrogens is 3. The van der Waals surface area contributed by atoms with Crippen molar-refractivity contribution in [3.8, 4) is 11.4 Å². The fraction of sp³-hybridized carbons (Fsp3) is 0.160. The van der Waals surface area contributed by atoms with Gasteiger partial charge in [0.2, 0.25) is 0 Å². The van der Waals surface area contributed by atoms with Crippen molar-refractivity contribution in [3.05, 3.63) is 101 Å². The molecule has 0 saturated heterocycles. The number of rotatable bonds is 5. The predicted molar refractivity (Wildman–Crippen MR) is 123 cm³/mol. The van der Waals surface area contributed by atoms with Crippen molar-refractivity contribution in [2.45, 2.75) is 27.7 Å². The predicted octanol–water partition coefficient (Wildman–Crippen LogP) is 4.66. The summed E-state index contributed by atoms with van der Waals surface area (Å²) in [6.45, 7) is 7.86. The molecule has 1 N–H and O–H groups in total. The van der Waals surface area contributed by atoms with E-state index in [9.17, 15) is 4.79 Å². The number of hydrazone groups is 1. The normalized spacial score (nSPS) is 11.2. The van der Waals surface area contributed by atoms with E-state index in [1.165, 1.54) is 0 Å². The van der Waals surface area contributed by atoms with Crippen molar-refractivity contribution in [1.82, 2.24) is 19.8 Å². The van der Waals surface area contributed by atoms with Crippen LogP contribution in [0.1, 0.15) is 38.7 Å². The number of aryl methyl sites for hydroxylation is 2. The Bertz CT molecular complexity index is 1250. The van der Waals surface area contributed by atoms with E-state index < -0.39 is 0 Å². The van der Waals surface area contributed by atoms with Gasteiger partial charge in [-0.3, -0.25) is 4.79 Å². The van der Waals surface area contributed by atoms with E-state index in [0.717, 1.165) is 39.7 Å². The summed E-state index contributed by atoms with van der Waals surface area (Å²) in [4.78, 5) is 12.8. The molecule has 0 bridgehead atoms. The molecule has 0 fully saturated rings. The highest BCUT2D eigenvalue weighted by molar-refractivity contribution is 5.96. The molecule has 0 atom stereocenters. The zero-order valence-corrected chi connectivity index (χ0v) is 18.1. The summed E-state index contributed by atoms with van der Waals surface area (Å²) in [5, 5.41) is 8.82. The van der Waals surface area contributed by atoms with Gasteiger partial charge in [0.15, 0.2) is 0 Å². The van der Waals surface area contributed by atoms with E-state index in [4.69, 9.17) is 0 Å². The molecule has 2 aromatic heterocycles. The van der Waals surface area contributed by atoms with Gasteiger partial charge in [0.1, 0.15) is 0 Å². The fourth-order valence-electron chi connectivity index (χ4n) is 3.84. The molecule has 156 valence electrons. The Labute approximate surface area is 181 Å². The molecule has 0 unspecified atom stereocenters. The SMILES string of the molecule is Cc1nn(-c2ccccc2)c(C)c1/C=N\NC(=O)c1cc(C)n(-c2ccccc2)c1C. The maximum Gasteiger partial charge on any atom is 0.273 e. The lowest BCUT2D eigenvalue weighted by Crippen LogP contribution is -2.18. The lowest BCUT2D eigenvalue weighted by Gasteiger charge is -2.09. The third-order valence-electron chi connectivity index (χ3n) is 5.40. The summed E-state index contributed by atoms with van der Waals surface area (Å²) in [5.74, 6) is -0.239.